The molecule has 1 aromatic heterocycles. The van der Waals surface area contributed by atoms with Crippen LogP contribution >= 0.6 is 0 Å². The maximum atomic E-state index is 14.5. The molecule has 5 aromatic rings. The number of rotatable bonds is 7. The second kappa shape index (κ2) is 10.6. The number of fused-ring (bicyclic) bond motifs is 2. The molecule has 2 atom stereocenters. The lowest BCUT2D eigenvalue weighted by Crippen LogP contribution is -2.44. The molecule has 0 bridgehead atoms. The number of pyridine rings is 1. The summed E-state index contributed by atoms with van der Waals surface area (Å²) in [5, 5.41) is 3.12. The fraction of sp³-hybridized carbons (Fsp3) is 0.182. The monoisotopic (exact) mass is 534 g/mol. The summed E-state index contributed by atoms with van der Waals surface area (Å²) >= 11 is 0. The van der Waals surface area contributed by atoms with E-state index in [2.05, 4.69) is 41.4 Å². The second-order valence-electron chi connectivity index (χ2n) is 9.82. The Morgan fingerprint density at radius 1 is 0.846 bits per heavy atom. The lowest BCUT2D eigenvalue weighted by Gasteiger charge is -2.40. The molecule has 196 valence electrons. The van der Waals surface area contributed by atoms with Crippen LogP contribution in [0.3, 0.4) is 0 Å². The van der Waals surface area contributed by atoms with Crippen molar-refractivity contribution in [3.63, 3.8) is 0 Å². The summed E-state index contributed by atoms with van der Waals surface area (Å²) in [5.74, 6) is -0.0243. The van der Waals surface area contributed by atoms with E-state index in [1.54, 1.807) is 18.3 Å². The van der Waals surface area contributed by atoms with Crippen molar-refractivity contribution in [3.05, 3.63) is 127 Å². The molecule has 4 aromatic carbocycles. The Balaban J connectivity index is 1.54. The predicted molar refractivity (Wildman–Crippen MR) is 157 cm³/mol. The van der Waals surface area contributed by atoms with E-state index in [1.165, 1.54) is 9.69 Å². The Kier molecular flexibility index (Phi) is 6.90. The molecule has 0 unspecified atom stereocenters. The molecule has 0 fully saturated rings. The van der Waals surface area contributed by atoms with Crippen LogP contribution in [0.25, 0.3) is 27.4 Å². The Labute approximate surface area is 229 Å². The van der Waals surface area contributed by atoms with E-state index in [4.69, 9.17) is 4.74 Å². The molecule has 0 N–H and O–H groups in total. The van der Waals surface area contributed by atoms with E-state index in [9.17, 15) is 8.42 Å². The number of para-hydroxylation sites is 1. The van der Waals surface area contributed by atoms with Crippen LogP contribution in [0.1, 0.15) is 36.8 Å². The van der Waals surface area contributed by atoms with Gasteiger partial charge < -0.3 is 4.74 Å². The molecule has 1 aliphatic heterocycles. The molecule has 1 aliphatic rings. The third-order valence-electron chi connectivity index (χ3n) is 7.23. The van der Waals surface area contributed by atoms with Crippen molar-refractivity contribution in [2.45, 2.75) is 36.8 Å². The zero-order valence-corrected chi connectivity index (χ0v) is 22.6. The van der Waals surface area contributed by atoms with Crippen molar-refractivity contribution in [3.8, 4) is 0 Å². The van der Waals surface area contributed by atoms with Gasteiger partial charge in [0.05, 0.1) is 11.2 Å². The Morgan fingerprint density at radius 2 is 1.59 bits per heavy atom. The summed E-state index contributed by atoms with van der Waals surface area (Å²) in [6, 6.07) is 33.5. The van der Waals surface area contributed by atoms with Crippen LogP contribution in [-0.4, -0.2) is 30.5 Å². The maximum absolute atomic E-state index is 14.5. The largest absolute Gasteiger partial charge is 0.357 e. The Morgan fingerprint density at radius 3 is 2.41 bits per heavy atom. The van der Waals surface area contributed by atoms with Gasteiger partial charge in [-0.05, 0) is 40.5 Å². The van der Waals surface area contributed by atoms with Gasteiger partial charge in [-0.3, -0.25) is 4.98 Å². The highest BCUT2D eigenvalue weighted by molar-refractivity contribution is 7.89. The van der Waals surface area contributed by atoms with Gasteiger partial charge in [-0.2, -0.15) is 0 Å². The summed E-state index contributed by atoms with van der Waals surface area (Å²) in [7, 11) is -4.03. The third-order valence-corrected chi connectivity index (χ3v) is 9.07. The average Bonchev–Trinajstić information content (AvgIpc) is 2.99. The fourth-order valence-corrected chi connectivity index (χ4v) is 7.13. The molecular weight excluding hydrogens is 504 g/mol. The molecule has 39 heavy (non-hydrogen) atoms. The quantitative estimate of drug-likeness (QED) is 0.219. The van der Waals surface area contributed by atoms with Crippen LogP contribution in [0.2, 0.25) is 0 Å². The first kappa shape index (κ1) is 25.3. The summed E-state index contributed by atoms with van der Waals surface area (Å²) in [6.45, 7) is 2.49. The second-order valence-corrected chi connectivity index (χ2v) is 11.6. The minimum Gasteiger partial charge on any atom is -0.357 e. The number of allylic oxidation sites excluding steroid dienone is 1. The smallest absolute Gasteiger partial charge is 0.268 e. The molecular formula is C33H30N2O3S. The van der Waals surface area contributed by atoms with Gasteiger partial charge in [0.2, 0.25) is 0 Å². The van der Waals surface area contributed by atoms with Crippen LogP contribution in [0.4, 0.5) is 0 Å². The van der Waals surface area contributed by atoms with Gasteiger partial charge in [0, 0.05) is 30.5 Å². The first-order chi connectivity index (χ1) is 19.1. The van der Waals surface area contributed by atoms with Gasteiger partial charge in [-0.15, -0.1) is 0 Å². The van der Waals surface area contributed by atoms with Gasteiger partial charge in [0.15, 0.2) is 0 Å². The molecule has 2 heterocycles. The molecule has 6 heteroatoms. The van der Waals surface area contributed by atoms with Gasteiger partial charge in [0.1, 0.15) is 11.1 Å². The van der Waals surface area contributed by atoms with Gasteiger partial charge >= 0.3 is 0 Å². The fourth-order valence-electron chi connectivity index (χ4n) is 5.37. The summed E-state index contributed by atoms with van der Waals surface area (Å²) < 4.78 is 36.9. The minimum absolute atomic E-state index is 0.0243. The van der Waals surface area contributed by atoms with Crippen molar-refractivity contribution >= 4 is 37.4 Å². The first-order valence-corrected chi connectivity index (χ1v) is 14.8. The van der Waals surface area contributed by atoms with Crippen LogP contribution < -0.4 is 0 Å². The topological polar surface area (TPSA) is 59.5 Å². The molecule has 0 spiro atoms. The van der Waals surface area contributed by atoms with E-state index in [0.717, 1.165) is 28.3 Å². The lowest BCUT2D eigenvalue weighted by molar-refractivity contribution is -0.00963. The maximum Gasteiger partial charge on any atom is 0.268 e. The average molecular weight is 535 g/mol. The van der Waals surface area contributed by atoms with E-state index in [-0.39, 0.29) is 10.8 Å². The zero-order chi connectivity index (χ0) is 26.8. The van der Waals surface area contributed by atoms with E-state index < -0.39 is 16.3 Å². The highest BCUT2D eigenvalue weighted by Gasteiger charge is 2.40. The van der Waals surface area contributed by atoms with Gasteiger partial charge in [-0.1, -0.05) is 104 Å². The molecule has 0 radical (unpaired) electrons. The highest BCUT2D eigenvalue weighted by Crippen LogP contribution is 2.42. The molecule has 0 saturated carbocycles. The number of nitrogens with zero attached hydrogens (tertiary/aromatic N) is 2. The summed E-state index contributed by atoms with van der Waals surface area (Å²) in [5.41, 5.74) is 3.04. The number of hydrogen-bond donors (Lipinski definition) is 0. The first-order valence-electron chi connectivity index (χ1n) is 13.3. The van der Waals surface area contributed by atoms with Crippen molar-refractivity contribution in [1.82, 2.24) is 9.29 Å². The number of benzene rings is 4. The zero-order valence-electron chi connectivity index (χ0n) is 21.8. The molecule has 5 nitrogen and oxygen atoms in total. The van der Waals surface area contributed by atoms with Gasteiger partial charge in [0.25, 0.3) is 10.0 Å². The van der Waals surface area contributed by atoms with Crippen LogP contribution in [0.15, 0.2) is 120 Å². The van der Waals surface area contributed by atoms with E-state index in [0.29, 0.717) is 24.2 Å². The normalized spacial score (nSPS) is 17.9. The van der Waals surface area contributed by atoms with Gasteiger partial charge in [-0.25, -0.2) is 12.7 Å². The van der Waals surface area contributed by atoms with Crippen LogP contribution in [0, 0.1) is 0 Å². The molecule has 0 saturated heterocycles. The Hall–Kier alpha value is -4.00. The lowest BCUT2D eigenvalue weighted by atomic mass is 9.88. The van der Waals surface area contributed by atoms with Crippen molar-refractivity contribution in [1.29, 1.82) is 0 Å². The van der Waals surface area contributed by atoms with E-state index in [1.807, 2.05) is 67.6 Å². The van der Waals surface area contributed by atoms with Crippen LogP contribution in [-0.2, 0) is 14.8 Å². The minimum atomic E-state index is -4.03. The standard InChI is InChI=1S/C33H30N2O3S/c1-2-20-38-32-23-29(28-18-17-24-10-6-7-13-27(24)21-28)22-30(25-11-4-3-5-12-25)35(32)39(36,37)31-16-8-14-26-15-9-19-34-33(26)31/h3-19,21-22,29,32H,2,20,23H2,1H3/t29-,32-/m1/s1. The van der Waals surface area contributed by atoms with Crippen LogP contribution in [0.5, 0.6) is 0 Å². The molecule has 6 rings (SSSR count). The highest BCUT2D eigenvalue weighted by atomic mass is 32.2. The molecule has 0 amide bonds. The number of sulfonamides is 1. The SMILES string of the molecule is CCCO[C@@H]1C[C@H](c2ccc3ccccc3c2)C=C(c2ccccc2)N1S(=O)(=O)c1cccc2cccnc12. The molecule has 0 aliphatic carbocycles. The van der Waals surface area contributed by atoms with Crippen molar-refractivity contribution in [2.75, 3.05) is 6.61 Å². The number of hydrogen-bond acceptors (Lipinski definition) is 4. The Bertz CT molecular complexity index is 1760. The summed E-state index contributed by atoms with van der Waals surface area (Å²) in [6.07, 6.45) is 4.33. The number of aromatic nitrogens is 1. The third kappa shape index (κ3) is 4.82. The van der Waals surface area contributed by atoms with Crippen molar-refractivity contribution in [2.24, 2.45) is 0 Å². The summed E-state index contributed by atoms with van der Waals surface area (Å²) in [4.78, 5) is 4.63. The predicted octanol–water partition coefficient (Wildman–Crippen LogP) is 7.36. The van der Waals surface area contributed by atoms with E-state index >= 15 is 0 Å². The number of ether oxygens (including phenoxy) is 1. The van der Waals surface area contributed by atoms with Crippen molar-refractivity contribution < 1.29 is 13.2 Å².